The molecule has 0 spiro atoms. The van der Waals surface area contributed by atoms with Crippen molar-refractivity contribution in [2.45, 2.75) is 38.4 Å². The summed E-state index contributed by atoms with van der Waals surface area (Å²) in [4.78, 5) is 12.0. The lowest BCUT2D eigenvalue weighted by molar-refractivity contribution is 0.234. The van der Waals surface area contributed by atoms with Crippen molar-refractivity contribution in [2.24, 2.45) is 0 Å². The van der Waals surface area contributed by atoms with Gasteiger partial charge in [-0.15, -0.1) is 0 Å². The van der Waals surface area contributed by atoms with Crippen molar-refractivity contribution in [3.8, 4) is 0 Å². The number of furan rings is 1. The van der Waals surface area contributed by atoms with Gasteiger partial charge >= 0.3 is 6.03 Å². The van der Waals surface area contributed by atoms with E-state index in [1.54, 1.807) is 18.5 Å². The van der Waals surface area contributed by atoms with E-state index >= 15 is 0 Å². The second-order valence-electron chi connectivity index (χ2n) is 5.34. The summed E-state index contributed by atoms with van der Waals surface area (Å²) >= 11 is 0. The van der Waals surface area contributed by atoms with Gasteiger partial charge in [-0.3, -0.25) is 4.68 Å². The molecule has 2 amide bonds. The third-order valence-electron chi connectivity index (χ3n) is 3.88. The number of hydrogen-bond donors (Lipinski definition) is 3. The van der Waals surface area contributed by atoms with Crippen LogP contribution in [0.5, 0.6) is 0 Å². The second-order valence-corrected chi connectivity index (χ2v) is 5.34. The number of carbonyl (C=O) groups is 1. The molecule has 7 nitrogen and oxygen atoms in total. The van der Waals surface area contributed by atoms with E-state index in [1.165, 1.54) is 0 Å². The van der Waals surface area contributed by atoms with E-state index in [9.17, 15) is 4.79 Å². The van der Waals surface area contributed by atoms with Crippen LogP contribution in [0.25, 0.3) is 0 Å². The summed E-state index contributed by atoms with van der Waals surface area (Å²) in [5.41, 5.74) is 2.16. The molecule has 0 aliphatic heterocycles. The Bertz CT molecular complexity index is 621. The van der Waals surface area contributed by atoms with Crippen LogP contribution >= 0.6 is 0 Å². The molecule has 0 unspecified atom stereocenters. The van der Waals surface area contributed by atoms with Crippen LogP contribution < -0.4 is 10.6 Å². The largest absolute Gasteiger partial charge is 0.467 e. The first-order chi connectivity index (χ1) is 10.8. The molecular weight excluding hydrogens is 284 g/mol. The molecule has 2 aromatic heterocycles. The summed E-state index contributed by atoms with van der Waals surface area (Å²) in [6.45, 7) is 0.921. The number of amides is 2. The molecule has 0 radical (unpaired) electrons. The molecule has 7 heteroatoms. The van der Waals surface area contributed by atoms with E-state index in [0.29, 0.717) is 13.1 Å². The number of carbonyl (C=O) groups excluding carboxylic acids is 1. The van der Waals surface area contributed by atoms with Crippen molar-refractivity contribution in [2.75, 3.05) is 6.61 Å². The van der Waals surface area contributed by atoms with Crippen LogP contribution in [-0.2, 0) is 19.5 Å². The SMILES string of the molecule is O=C(NCc1ccco1)N[C@@H]1CCCc2c1cnn2CCO. The van der Waals surface area contributed by atoms with Crippen LogP contribution in [0.4, 0.5) is 4.79 Å². The van der Waals surface area contributed by atoms with Gasteiger partial charge < -0.3 is 20.2 Å². The topological polar surface area (TPSA) is 92.3 Å². The van der Waals surface area contributed by atoms with Gasteiger partial charge in [0.1, 0.15) is 5.76 Å². The fourth-order valence-electron chi connectivity index (χ4n) is 2.85. The molecule has 118 valence electrons. The third kappa shape index (κ3) is 3.14. The minimum atomic E-state index is -0.218. The number of rotatable bonds is 5. The van der Waals surface area contributed by atoms with E-state index in [-0.39, 0.29) is 18.7 Å². The number of nitrogens with zero attached hydrogens (tertiary/aromatic N) is 2. The van der Waals surface area contributed by atoms with Crippen molar-refractivity contribution < 1.29 is 14.3 Å². The molecule has 0 aromatic carbocycles. The van der Waals surface area contributed by atoms with E-state index in [4.69, 9.17) is 9.52 Å². The minimum absolute atomic E-state index is 0.0345. The average molecular weight is 304 g/mol. The van der Waals surface area contributed by atoms with Crippen molar-refractivity contribution >= 4 is 6.03 Å². The Kier molecular flexibility index (Phi) is 4.43. The van der Waals surface area contributed by atoms with Gasteiger partial charge in [0, 0.05) is 11.3 Å². The van der Waals surface area contributed by atoms with Crippen LogP contribution in [0.1, 0.15) is 35.9 Å². The van der Waals surface area contributed by atoms with Crippen molar-refractivity contribution in [3.05, 3.63) is 41.6 Å². The van der Waals surface area contributed by atoms with Crippen molar-refractivity contribution in [1.82, 2.24) is 20.4 Å². The average Bonchev–Trinajstić information content (AvgIpc) is 3.16. The summed E-state index contributed by atoms with van der Waals surface area (Å²) in [6.07, 6.45) is 6.19. The van der Waals surface area contributed by atoms with E-state index < -0.39 is 0 Å². The quantitative estimate of drug-likeness (QED) is 0.777. The Morgan fingerprint density at radius 3 is 3.23 bits per heavy atom. The highest BCUT2D eigenvalue weighted by atomic mass is 16.3. The normalized spacial score (nSPS) is 17.0. The van der Waals surface area contributed by atoms with E-state index in [1.807, 2.05) is 10.7 Å². The zero-order chi connectivity index (χ0) is 15.4. The van der Waals surface area contributed by atoms with Crippen LogP contribution in [0.2, 0.25) is 0 Å². The second kappa shape index (κ2) is 6.65. The fourth-order valence-corrected chi connectivity index (χ4v) is 2.85. The number of aromatic nitrogens is 2. The van der Waals surface area contributed by atoms with Gasteiger partial charge in [0.25, 0.3) is 0 Å². The first-order valence-electron chi connectivity index (χ1n) is 7.50. The van der Waals surface area contributed by atoms with Gasteiger partial charge in [-0.25, -0.2) is 4.79 Å². The number of hydrogen-bond acceptors (Lipinski definition) is 4. The third-order valence-corrected chi connectivity index (χ3v) is 3.88. The molecule has 22 heavy (non-hydrogen) atoms. The molecule has 2 aromatic rings. The smallest absolute Gasteiger partial charge is 0.315 e. The minimum Gasteiger partial charge on any atom is -0.467 e. The van der Waals surface area contributed by atoms with E-state index in [2.05, 4.69) is 15.7 Å². The van der Waals surface area contributed by atoms with Gasteiger partial charge in [0.05, 0.1) is 38.2 Å². The number of aliphatic hydroxyl groups is 1. The maximum atomic E-state index is 12.0. The highest BCUT2D eigenvalue weighted by Gasteiger charge is 2.25. The van der Waals surface area contributed by atoms with Gasteiger partial charge in [-0.1, -0.05) is 0 Å². The number of fused-ring (bicyclic) bond motifs is 1. The van der Waals surface area contributed by atoms with Gasteiger partial charge in [-0.2, -0.15) is 5.10 Å². The number of urea groups is 1. The number of nitrogens with one attached hydrogen (secondary N) is 2. The summed E-state index contributed by atoms with van der Waals surface area (Å²) in [6, 6.07) is 3.35. The predicted molar refractivity (Wildman–Crippen MR) is 79.1 cm³/mol. The Balaban J connectivity index is 1.60. The molecule has 3 rings (SSSR count). The van der Waals surface area contributed by atoms with Crippen molar-refractivity contribution in [1.29, 1.82) is 0 Å². The Morgan fingerprint density at radius 1 is 1.55 bits per heavy atom. The molecule has 0 bridgehead atoms. The molecule has 0 fully saturated rings. The number of aliphatic hydroxyl groups excluding tert-OH is 1. The zero-order valence-electron chi connectivity index (χ0n) is 12.3. The van der Waals surface area contributed by atoms with Gasteiger partial charge in [-0.05, 0) is 31.4 Å². The van der Waals surface area contributed by atoms with Crippen LogP contribution in [0.15, 0.2) is 29.0 Å². The summed E-state index contributed by atoms with van der Waals surface area (Å²) < 4.78 is 7.00. The fraction of sp³-hybridized carbons (Fsp3) is 0.467. The summed E-state index contributed by atoms with van der Waals surface area (Å²) in [5.74, 6) is 0.718. The highest BCUT2D eigenvalue weighted by Crippen LogP contribution is 2.29. The lowest BCUT2D eigenvalue weighted by atomic mass is 9.93. The molecule has 1 aliphatic carbocycles. The summed E-state index contributed by atoms with van der Waals surface area (Å²) in [5, 5.41) is 19.1. The first-order valence-corrected chi connectivity index (χ1v) is 7.50. The molecule has 2 heterocycles. The van der Waals surface area contributed by atoms with E-state index in [0.717, 1.165) is 36.3 Å². The Hall–Kier alpha value is -2.28. The molecular formula is C15H20N4O3. The summed E-state index contributed by atoms with van der Waals surface area (Å²) in [7, 11) is 0. The lowest BCUT2D eigenvalue weighted by Gasteiger charge is -2.24. The maximum absolute atomic E-state index is 12.0. The molecule has 1 aliphatic rings. The molecule has 3 N–H and O–H groups in total. The van der Waals surface area contributed by atoms with Crippen LogP contribution in [0, 0.1) is 0 Å². The van der Waals surface area contributed by atoms with Crippen LogP contribution in [0.3, 0.4) is 0 Å². The highest BCUT2D eigenvalue weighted by molar-refractivity contribution is 5.74. The zero-order valence-corrected chi connectivity index (χ0v) is 12.3. The maximum Gasteiger partial charge on any atom is 0.315 e. The Morgan fingerprint density at radius 2 is 2.45 bits per heavy atom. The molecule has 1 atom stereocenters. The van der Waals surface area contributed by atoms with Gasteiger partial charge in [0.2, 0.25) is 0 Å². The first kappa shape index (κ1) is 14.6. The van der Waals surface area contributed by atoms with Crippen LogP contribution in [-0.4, -0.2) is 27.5 Å². The standard InChI is InChI=1S/C15H20N4O3/c20-7-6-19-14-5-1-4-13(12(14)10-17-19)18-15(21)16-9-11-3-2-8-22-11/h2-3,8,10,13,20H,1,4-7,9H2,(H2,16,18,21)/t13-/m1/s1. The predicted octanol–water partition coefficient (Wildman–Crippen LogP) is 1.35. The molecule has 0 saturated heterocycles. The monoisotopic (exact) mass is 304 g/mol. The molecule has 0 saturated carbocycles. The van der Waals surface area contributed by atoms with Crippen molar-refractivity contribution in [3.63, 3.8) is 0 Å². The Labute approximate surface area is 128 Å². The van der Waals surface area contributed by atoms with Gasteiger partial charge in [0.15, 0.2) is 0 Å². The lowest BCUT2D eigenvalue weighted by Crippen LogP contribution is -2.38.